The summed E-state index contributed by atoms with van der Waals surface area (Å²) >= 11 is 0. The Balaban J connectivity index is 5.10. The highest BCUT2D eigenvalue weighted by Gasteiger charge is 2.24. The van der Waals surface area contributed by atoms with Crippen molar-refractivity contribution in [1.82, 2.24) is 0 Å². The summed E-state index contributed by atoms with van der Waals surface area (Å²) in [5.74, 6) is -0.0822. The molecule has 0 radical (unpaired) electrons. The van der Waals surface area contributed by atoms with Crippen LogP contribution in [-0.4, -0.2) is 18.4 Å². The summed E-state index contributed by atoms with van der Waals surface area (Å²) in [6, 6.07) is -3.37. The number of hydrogen-bond donors (Lipinski definition) is 2. The van der Waals surface area contributed by atoms with E-state index in [2.05, 4.69) is 5.73 Å². The van der Waals surface area contributed by atoms with Gasteiger partial charge in [0, 0.05) is 24.1 Å². The first-order valence-corrected chi connectivity index (χ1v) is 6.02. The zero-order valence-electron chi connectivity index (χ0n) is 11.2. The monoisotopic (exact) mass is 260 g/mol. The van der Waals surface area contributed by atoms with Gasteiger partial charge in [0.2, 0.25) is 0 Å². The quantitative estimate of drug-likeness (QED) is 0.420. The van der Waals surface area contributed by atoms with Gasteiger partial charge in [-0.15, -0.1) is 0 Å². The first kappa shape index (κ1) is 16.9. The Morgan fingerprint density at radius 3 is 2.28 bits per heavy atom. The smallest absolute Gasteiger partial charge is 0.323 e. The molecule has 0 spiro atoms. The lowest BCUT2D eigenvalue weighted by Gasteiger charge is -2.12. The molecule has 0 rings (SSSR count). The number of carbonyl (C=O) groups excluding carboxylic acids is 1. The summed E-state index contributed by atoms with van der Waals surface area (Å²) in [5.41, 5.74) is 10.8. The van der Waals surface area contributed by atoms with Gasteiger partial charge in [-0.1, -0.05) is 19.4 Å². The van der Waals surface area contributed by atoms with Crippen molar-refractivity contribution in [3.63, 3.8) is 0 Å². The molecule has 0 heterocycles. The zero-order chi connectivity index (χ0) is 14.3. The van der Waals surface area contributed by atoms with E-state index >= 15 is 0 Å². The molecule has 0 amide bonds. The number of allylic oxidation sites excluding steroid dienone is 2. The third-order valence-electron chi connectivity index (χ3n) is 2.73. The number of carbonyl (C=O) groups is 1. The van der Waals surface area contributed by atoms with Gasteiger partial charge in [0.05, 0.1) is 0 Å². The minimum absolute atomic E-state index is 0.0499. The molecule has 0 fully saturated rings. The fourth-order valence-corrected chi connectivity index (χ4v) is 1.49. The molecule has 0 aromatic carbocycles. The number of hydrogen-bond acceptors (Lipinski definition) is 3. The standard InChI is InChI=1S/C13H22F2N2O/c1-4-5-6-12(18)11(8-16)9(2)7-10(3)13(14,15)17/h7H,4-6,8,16-17H2,1-3H3/b10-7+,11-9-. The third-order valence-corrected chi connectivity index (χ3v) is 2.73. The van der Waals surface area contributed by atoms with Gasteiger partial charge in [-0.25, -0.2) is 0 Å². The van der Waals surface area contributed by atoms with E-state index in [0.717, 1.165) is 12.8 Å². The van der Waals surface area contributed by atoms with Crippen LogP contribution in [-0.2, 0) is 4.79 Å². The van der Waals surface area contributed by atoms with Crippen molar-refractivity contribution < 1.29 is 13.6 Å². The predicted octanol–water partition coefficient (Wildman–Crippen LogP) is 2.52. The topological polar surface area (TPSA) is 69.1 Å². The molecule has 0 aliphatic carbocycles. The molecule has 104 valence electrons. The van der Waals surface area contributed by atoms with Crippen LogP contribution in [0.4, 0.5) is 8.78 Å². The van der Waals surface area contributed by atoms with E-state index < -0.39 is 6.05 Å². The second-order valence-corrected chi connectivity index (χ2v) is 4.34. The van der Waals surface area contributed by atoms with E-state index in [-0.39, 0.29) is 17.9 Å². The summed E-state index contributed by atoms with van der Waals surface area (Å²) in [6.45, 7) is 4.86. The Kier molecular flexibility index (Phi) is 6.94. The van der Waals surface area contributed by atoms with Crippen LogP contribution in [0.3, 0.4) is 0 Å². The van der Waals surface area contributed by atoms with Crippen LogP contribution in [0.15, 0.2) is 22.8 Å². The minimum atomic E-state index is -3.37. The van der Waals surface area contributed by atoms with Gasteiger partial charge in [-0.2, -0.15) is 8.78 Å². The van der Waals surface area contributed by atoms with Crippen molar-refractivity contribution >= 4 is 5.78 Å². The summed E-state index contributed by atoms with van der Waals surface area (Å²) in [6.07, 6.45) is 3.29. The number of Topliss-reactive ketones (excluding diaryl/α,β-unsaturated/α-hetero) is 1. The fraction of sp³-hybridized carbons (Fsp3) is 0.615. The fourth-order valence-electron chi connectivity index (χ4n) is 1.49. The lowest BCUT2D eigenvalue weighted by Crippen LogP contribution is -2.29. The molecule has 0 aromatic heterocycles. The Labute approximate surface area is 107 Å². The summed E-state index contributed by atoms with van der Waals surface area (Å²) < 4.78 is 25.6. The van der Waals surface area contributed by atoms with E-state index in [1.54, 1.807) is 6.92 Å². The zero-order valence-corrected chi connectivity index (χ0v) is 11.2. The largest absolute Gasteiger partial charge is 0.326 e. The van der Waals surface area contributed by atoms with Crippen molar-refractivity contribution in [2.75, 3.05) is 6.54 Å². The average Bonchev–Trinajstić information content (AvgIpc) is 2.25. The van der Waals surface area contributed by atoms with Gasteiger partial charge in [-0.05, 0) is 25.8 Å². The van der Waals surface area contributed by atoms with Gasteiger partial charge in [0.15, 0.2) is 5.78 Å². The van der Waals surface area contributed by atoms with Gasteiger partial charge >= 0.3 is 6.05 Å². The Hall–Kier alpha value is -1.07. The minimum Gasteiger partial charge on any atom is -0.326 e. The number of ketones is 1. The van der Waals surface area contributed by atoms with Crippen molar-refractivity contribution in [3.8, 4) is 0 Å². The molecular formula is C13H22F2N2O. The highest BCUT2D eigenvalue weighted by atomic mass is 19.3. The molecule has 0 saturated carbocycles. The Morgan fingerprint density at radius 2 is 1.89 bits per heavy atom. The van der Waals surface area contributed by atoms with Crippen LogP contribution >= 0.6 is 0 Å². The lowest BCUT2D eigenvalue weighted by molar-refractivity contribution is -0.115. The number of rotatable bonds is 7. The Morgan fingerprint density at radius 1 is 1.33 bits per heavy atom. The van der Waals surface area contributed by atoms with Gasteiger partial charge in [0.1, 0.15) is 0 Å². The molecule has 0 aliphatic heterocycles. The van der Waals surface area contributed by atoms with E-state index in [1.807, 2.05) is 6.92 Å². The van der Waals surface area contributed by atoms with Crippen LogP contribution in [0.25, 0.3) is 0 Å². The van der Waals surface area contributed by atoms with E-state index in [0.29, 0.717) is 17.6 Å². The van der Waals surface area contributed by atoms with Gasteiger partial charge < -0.3 is 5.73 Å². The first-order valence-electron chi connectivity index (χ1n) is 6.02. The highest BCUT2D eigenvalue weighted by Crippen LogP contribution is 2.20. The molecule has 0 bridgehead atoms. The average molecular weight is 260 g/mol. The predicted molar refractivity (Wildman–Crippen MR) is 69.2 cm³/mol. The second-order valence-electron chi connectivity index (χ2n) is 4.34. The lowest BCUT2D eigenvalue weighted by atomic mass is 9.99. The summed E-state index contributed by atoms with van der Waals surface area (Å²) in [7, 11) is 0. The van der Waals surface area contributed by atoms with E-state index in [9.17, 15) is 13.6 Å². The van der Waals surface area contributed by atoms with Crippen LogP contribution in [0.5, 0.6) is 0 Å². The molecule has 0 saturated heterocycles. The number of nitrogens with two attached hydrogens (primary N) is 2. The molecular weight excluding hydrogens is 238 g/mol. The number of halogens is 2. The third kappa shape index (κ3) is 5.51. The van der Waals surface area contributed by atoms with Crippen molar-refractivity contribution in [3.05, 3.63) is 22.8 Å². The van der Waals surface area contributed by atoms with Crippen LogP contribution < -0.4 is 11.5 Å². The van der Waals surface area contributed by atoms with Crippen molar-refractivity contribution in [2.45, 2.75) is 46.1 Å². The maximum atomic E-state index is 12.8. The first-order chi connectivity index (χ1) is 8.23. The second kappa shape index (κ2) is 7.38. The normalized spacial score (nSPS) is 14.5. The van der Waals surface area contributed by atoms with Crippen LogP contribution in [0.2, 0.25) is 0 Å². The highest BCUT2D eigenvalue weighted by molar-refractivity contribution is 5.96. The molecule has 18 heavy (non-hydrogen) atoms. The van der Waals surface area contributed by atoms with E-state index in [4.69, 9.17) is 5.73 Å². The molecule has 0 unspecified atom stereocenters. The number of unbranched alkanes of at least 4 members (excludes halogenated alkanes) is 1. The molecule has 0 atom stereocenters. The van der Waals surface area contributed by atoms with Crippen LogP contribution in [0, 0.1) is 0 Å². The van der Waals surface area contributed by atoms with Gasteiger partial charge in [0.25, 0.3) is 0 Å². The summed E-state index contributed by atoms with van der Waals surface area (Å²) in [5, 5.41) is 0. The SMILES string of the molecule is CCCCC(=O)/C(CN)=C(C)\C=C(/C)C(N)(F)F. The molecule has 5 heteroatoms. The molecule has 4 N–H and O–H groups in total. The summed E-state index contributed by atoms with van der Waals surface area (Å²) in [4.78, 5) is 11.8. The Bertz CT molecular complexity index is 354. The maximum Gasteiger partial charge on any atom is 0.323 e. The maximum absolute atomic E-state index is 12.8. The molecule has 0 aromatic rings. The van der Waals surface area contributed by atoms with Crippen molar-refractivity contribution in [2.24, 2.45) is 11.5 Å². The molecule has 3 nitrogen and oxygen atoms in total. The van der Waals surface area contributed by atoms with Crippen LogP contribution in [0.1, 0.15) is 40.0 Å². The number of alkyl halides is 2. The van der Waals surface area contributed by atoms with Crippen molar-refractivity contribution in [1.29, 1.82) is 0 Å². The van der Waals surface area contributed by atoms with Gasteiger partial charge in [-0.3, -0.25) is 10.5 Å². The molecule has 0 aliphatic rings. The van der Waals surface area contributed by atoms with E-state index in [1.165, 1.54) is 13.0 Å².